The minimum atomic E-state index is -0.930. The summed E-state index contributed by atoms with van der Waals surface area (Å²) in [4.78, 5) is 20.5. The smallest absolute Gasteiger partial charge is 0.328 e. The molecule has 268 valence electrons. The molecule has 0 amide bonds. The van der Waals surface area contributed by atoms with E-state index in [-0.39, 0.29) is 6.42 Å². The molecular formula is C44H68O4. The monoisotopic (exact) mass is 661 g/mol. The summed E-state index contributed by atoms with van der Waals surface area (Å²) in [6.07, 6.45) is 63.1. The van der Waals surface area contributed by atoms with E-state index in [0.717, 1.165) is 38.2 Å². The summed E-state index contributed by atoms with van der Waals surface area (Å²) in [5.41, 5.74) is 0. The molecule has 0 aromatic rings. The predicted octanol–water partition coefficient (Wildman–Crippen LogP) is 13.5. The first-order chi connectivity index (χ1) is 23.5. The van der Waals surface area contributed by atoms with E-state index in [0.29, 0.717) is 6.42 Å². The molecule has 0 fully saturated rings. The van der Waals surface area contributed by atoms with E-state index in [1.807, 2.05) is 36.5 Å². The molecule has 0 atom stereocenters. The normalized spacial score (nSPS) is 12.7. The van der Waals surface area contributed by atoms with Crippen molar-refractivity contribution in [2.45, 2.75) is 142 Å². The maximum atomic E-state index is 10.3. The highest BCUT2D eigenvalue weighted by molar-refractivity contribution is 5.80. The first-order valence-corrected chi connectivity index (χ1v) is 18.6. The van der Waals surface area contributed by atoms with Gasteiger partial charge in [-0.15, -0.1) is 0 Å². The van der Waals surface area contributed by atoms with Gasteiger partial charge in [-0.2, -0.15) is 0 Å². The average molecular weight is 661 g/mol. The van der Waals surface area contributed by atoms with Crippen LogP contribution in [0.15, 0.2) is 122 Å². The second-order valence-corrected chi connectivity index (χ2v) is 11.6. The largest absolute Gasteiger partial charge is 0.481 e. The van der Waals surface area contributed by atoms with E-state index in [9.17, 15) is 9.59 Å². The second kappa shape index (κ2) is 43.3. The molecule has 0 unspecified atom stereocenters. The van der Waals surface area contributed by atoms with E-state index in [2.05, 4.69) is 74.6 Å². The molecule has 48 heavy (non-hydrogen) atoms. The Hall–Kier alpha value is -3.66. The van der Waals surface area contributed by atoms with Crippen LogP contribution in [-0.2, 0) is 9.59 Å². The van der Waals surface area contributed by atoms with Crippen LogP contribution in [0.5, 0.6) is 0 Å². The number of carboxylic acids is 2. The maximum Gasteiger partial charge on any atom is 0.328 e. The van der Waals surface area contributed by atoms with Crippen LogP contribution >= 0.6 is 0 Å². The first kappa shape index (κ1) is 46.5. The van der Waals surface area contributed by atoms with E-state index in [4.69, 9.17) is 10.2 Å². The molecular weight excluding hydrogens is 592 g/mol. The fourth-order valence-corrected chi connectivity index (χ4v) is 4.31. The fraction of sp³-hybridized carbons (Fsp3) is 0.500. The van der Waals surface area contributed by atoms with Gasteiger partial charge in [-0.1, -0.05) is 194 Å². The van der Waals surface area contributed by atoms with Crippen LogP contribution < -0.4 is 0 Å². The Morgan fingerprint density at radius 1 is 0.396 bits per heavy atom. The van der Waals surface area contributed by atoms with Crippen LogP contribution in [0.25, 0.3) is 0 Å². The van der Waals surface area contributed by atoms with Gasteiger partial charge in [0.25, 0.3) is 0 Å². The minimum Gasteiger partial charge on any atom is -0.481 e. The Balaban J connectivity index is 0. The highest BCUT2D eigenvalue weighted by atomic mass is 16.4. The van der Waals surface area contributed by atoms with E-state index in [1.54, 1.807) is 12.2 Å². The van der Waals surface area contributed by atoms with Gasteiger partial charge in [0, 0.05) is 12.5 Å². The Morgan fingerprint density at radius 3 is 1.23 bits per heavy atom. The molecule has 0 saturated heterocycles. The van der Waals surface area contributed by atoms with Gasteiger partial charge in [0.1, 0.15) is 0 Å². The van der Waals surface area contributed by atoms with Crippen molar-refractivity contribution in [2.24, 2.45) is 0 Å². The second-order valence-electron chi connectivity index (χ2n) is 11.6. The van der Waals surface area contributed by atoms with Crippen molar-refractivity contribution in [1.29, 1.82) is 0 Å². The molecule has 0 saturated carbocycles. The van der Waals surface area contributed by atoms with E-state index >= 15 is 0 Å². The van der Waals surface area contributed by atoms with Crippen LogP contribution in [-0.4, -0.2) is 22.2 Å². The molecule has 0 aliphatic heterocycles. The molecule has 0 rings (SSSR count). The lowest BCUT2D eigenvalue weighted by Gasteiger charge is -2.00. The third-order valence-electron chi connectivity index (χ3n) is 7.05. The molecule has 0 heterocycles. The minimum absolute atomic E-state index is 0.213. The third kappa shape index (κ3) is 49.2. The van der Waals surface area contributed by atoms with Crippen LogP contribution in [0.3, 0.4) is 0 Å². The Labute approximate surface area is 294 Å². The van der Waals surface area contributed by atoms with Crippen molar-refractivity contribution in [2.75, 3.05) is 0 Å². The number of rotatable bonds is 30. The number of aliphatic carboxylic acids is 2. The van der Waals surface area contributed by atoms with Gasteiger partial charge in [-0.3, -0.25) is 4.79 Å². The quantitative estimate of drug-likeness (QED) is 0.0348. The van der Waals surface area contributed by atoms with Crippen LogP contribution in [0.2, 0.25) is 0 Å². The summed E-state index contributed by atoms with van der Waals surface area (Å²) in [5.74, 6) is -1.67. The predicted molar refractivity (Wildman–Crippen MR) is 210 cm³/mol. The van der Waals surface area contributed by atoms with Gasteiger partial charge < -0.3 is 10.2 Å². The Kier molecular flexibility index (Phi) is 41.9. The molecule has 0 spiro atoms. The van der Waals surface area contributed by atoms with Crippen molar-refractivity contribution in [3.8, 4) is 0 Å². The SMILES string of the molecule is CCCCC/C=C\C/C=C\C/C=C\C/C=C\C/C=C\CCC(=O)O.CCCCCCCCCCCC=CC=CC=CC=CC=CC(=O)O. The summed E-state index contributed by atoms with van der Waals surface area (Å²) in [6.45, 7) is 4.50. The van der Waals surface area contributed by atoms with Gasteiger partial charge in [0.05, 0.1) is 0 Å². The summed E-state index contributed by atoms with van der Waals surface area (Å²) in [7, 11) is 0. The van der Waals surface area contributed by atoms with Gasteiger partial charge in [0.15, 0.2) is 0 Å². The zero-order valence-electron chi connectivity index (χ0n) is 30.4. The molecule has 0 aromatic heterocycles. The lowest BCUT2D eigenvalue weighted by molar-refractivity contribution is -0.137. The zero-order valence-corrected chi connectivity index (χ0v) is 30.4. The molecule has 0 bridgehead atoms. The summed E-state index contributed by atoms with van der Waals surface area (Å²) < 4.78 is 0. The number of carboxylic acid groups (broad SMARTS) is 2. The number of hydrogen-bond acceptors (Lipinski definition) is 2. The number of carbonyl (C=O) groups is 2. The van der Waals surface area contributed by atoms with Crippen LogP contribution in [0.1, 0.15) is 142 Å². The average Bonchev–Trinajstić information content (AvgIpc) is 3.07. The van der Waals surface area contributed by atoms with Crippen molar-refractivity contribution in [1.82, 2.24) is 0 Å². The molecule has 0 aliphatic rings. The number of hydrogen-bond donors (Lipinski definition) is 2. The molecule has 4 heteroatoms. The van der Waals surface area contributed by atoms with Crippen molar-refractivity contribution in [3.63, 3.8) is 0 Å². The van der Waals surface area contributed by atoms with E-state index in [1.165, 1.54) is 89.5 Å². The summed E-state index contributed by atoms with van der Waals surface area (Å²) in [6, 6.07) is 0. The van der Waals surface area contributed by atoms with Crippen molar-refractivity contribution in [3.05, 3.63) is 122 Å². The molecule has 0 aromatic carbocycles. The van der Waals surface area contributed by atoms with Gasteiger partial charge >= 0.3 is 11.9 Å². The Morgan fingerprint density at radius 2 is 0.750 bits per heavy atom. The maximum absolute atomic E-state index is 10.3. The topological polar surface area (TPSA) is 74.6 Å². The lowest BCUT2D eigenvalue weighted by Crippen LogP contribution is -1.91. The lowest BCUT2D eigenvalue weighted by atomic mass is 10.1. The molecule has 0 aliphatic carbocycles. The van der Waals surface area contributed by atoms with Gasteiger partial charge in [-0.25, -0.2) is 4.79 Å². The summed E-state index contributed by atoms with van der Waals surface area (Å²) >= 11 is 0. The van der Waals surface area contributed by atoms with Gasteiger partial charge in [0.2, 0.25) is 0 Å². The van der Waals surface area contributed by atoms with Crippen molar-refractivity contribution < 1.29 is 19.8 Å². The number of allylic oxidation sites excluding steroid dienone is 19. The van der Waals surface area contributed by atoms with Gasteiger partial charge in [-0.05, 0) is 57.8 Å². The molecule has 4 nitrogen and oxygen atoms in total. The molecule has 0 radical (unpaired) electrons. The third-order valence-corrected chi connectivity index (χ3v) is 7.05. The van der Waals surface area contributed by atoms with Crippen LogP contribution in [0.4, 0.5) is 0 Å². The molecule has 2 N–H and O–H groups in total. The zero-order chi connectivity index (χ0) is 35.4. The Bertz CT molecular complexity index is 1010. The standard InChI is InChI=1S/2C22H34O2/c2*1-2-3-4-5-6-7-8-9-10-11-12-13-14-15-16-17-18-19-20-21-22(23)24/h12-21H,2-11H2,1H3,(H,23,24);6-7,9-10,12-13,15-16,18-19H,2-5,8,11,14,17,20-21H2,1H3,(H,23,24)/b;7-6-,10-9-,13-12-,16-15-,19-18-. The highest BCUT2D eigenvalue weighted by Gasteiger charge is 1.91. The van der Waals surface area contributed by atoms with Crippen LogP contribution in [0, 0.1) is 0 Å². The van der Waals surface area contributed by atoms with E-state index < -0.39 is 11.9 Å². The summed E-state index contributed by atoms with van der Waals surface area (Å²) in [5, 5.41) is 16.9. The first-order valence-electron chi connectivity index (χ1n) is 18.6. The fourth-order valence-electron chi connectivity index (χ4n) is 4.31. The number of unbranched alkanes of at least 4 members (excludes halogenated alkanes) is 12. The highest BCUT2D eigenvalue weighted by Crippen LogP contribution is 2.10. The van der Waals surface area contributed by atoms with Crippen molar-refractivity contribution >= 4 is 11.9 Å².